The molecule has 0 unspecified atom stereocenters. The smallest absolute Gasteiger partial charge is 0.154 e. The number of hydrogen-bond donors (Lipinski definition) is 2. The van der Waals surface area contributed by atoms with Crippen LogP contribution in [0.15, 0.2) is 18.2 Å². The maximum Gasteiger partial charge on any atom is 0.154 e. The van der Waals surface area contributed by atoms with E-state index in [1.165, 1.54) is 24.1 Å². The molecule has 5 rings (SSSR count). The number of rotatable bonds is 2. The Kier molecular flexibility index (Phi) is 5.88. The molecule has 2 saturated carbocycles. The van der Waals surface area contributed by atoms with Crippen LogP contribution in [0.4, 0.5) is 0 Å². The first-order valence-electron chi connectivity index (χ1n) is 11.5. The molecule has 3 fully saturated rings. The monoisotopic (exact) mass is 527 g/mol. The Bertz CT molecular complexity index is 1040. The standard InChI is InChI=1S/C14H19NO.C10H15BrO4S/c1-9-13-8-10-7-11(16)3-4-12(10)14(9,2)5-6-15-13;1-9(2)6-3-4-10(9,5-16(13,14)15)8(12)7(6)11/h3-4,7,9,13,15-16H,5-6,8H2,1-2H3;6-7H,3-5H2,1-2H3,(H,13,14,15)/t9-,13+,14+;6-,7-,10-/m01/s1. The molecular formula is C24H34BrNO5S. The van der Waals surface area contributed by atoms with Crippen LogP contribution < -0.4 is 5.32 Å². The predicted octanol–water partition coefficient (Wildman–Crippen LogP) is 2.48. The molecule has 0 amide bonds. The van der Waals surface area contributed by atoms with E-state index in [4.69, 9.17) is 0 Å². The van der Waals surface area contributed by atoms with E-state index in [-0.39, 0.29) is 16.5 Å². The van der Waals surface area contributed by atoms with Crippen LogP contribution in [0.25, 0.3) is 0 Å². The number of quaternary nitrogens is 1. The van der Waals surface area contributed by atoms with E-state index in [1.807, 2.05) is 26.0 Å². The lowest BCUT2D eigenvalue weighted by Gasteiger charge is -2.48. The summed E-state index contributed by atoms with van der Waals surface area (Å²) < 4.78 is 33.0. The van der Waals surface area contributed by atoms with E-state index < -0.39 is 26.7 Å². The van der Waals surface area contributed by atoms with Crippen LogP contribution in [-0.4, -0.2) is 47.0 Å². The first-order valence-corrected chi connectivity index (χ1v) is 14.0. The fourth-order valence-electron chi connectivity index (χ4n) is 7.17. The Labute approximate surface area is 199 Å². The molecule has 0 aromatic heterocycles. The van der Waals surface area contributed by atoms with Gasteiger partial charge >= 0.3 is 0 Å². The molecule has 0 radical (unpaired) electrons. The molecule has 8 heteroatoms. The van der Waals surface area contributed by atoms with Crippen LogP contribution in [0.2, 0.25) is 0 Å². The van der Waals surface area contributed by atoms with Crippen LogP contribution in [-0.2, 0) is 26.7 Å². The average molecular weight is 529 g/mol. The summed E-state index contributed by atoms with van der Waals surface area (Å²) in [6.07, 6.45) is 3.69. The minimum Gasteiger partial charge on any atom is -0.748 e. The third-order valence-corrected chi connectivity index (χ3v) is 11.4. The molecule has 32 heavy (non-hydrogen) atoms. The summed E-state index contributed by atoms with van der Waals surface area (Å²) in [6.45, 7) is 9.82. The topological polar surface area (TPSA) is 111 Å². The molecule has 0 spiro atoms. The summed E-state index contributed by atoms with van der Waals surface area (Å²) in [5.74, 6) is 0.632. The Balaban J connectivity index is 0.000000153. The quantitative estimate of drug-likeness (QED) is 0.453. The third-order valence-electron chi connectivity index (χ3n) is 9.48. The van der Waals surface area contributed by atoms with Gasteiger partial charge in [-0.25, -0.2) is 8.42 Å². The number of carbonyl (C=O) groups is 1. The lowest BCUT2D eigenvalue weighted by Crippen LogP contribution is -2.96. The zero-order chi connectivity index (χ0) is 23.7. The van der Waals surface area contributed by atoms with E-state index in [0.717, 1.165) is 18.8 Å². The van der Waals surface area contributed by atoms with Gasteiger partial charge < -0.3 is 15.0 Å². The van der Waals surface area contributed by atoms with Gasteiger partial charge in [0.25, 0.3) is 0 Å². The fraction of sp³-hybridized carbons (Fsp3) is 0.708. The minimum absolute atomic E-state index is 0.104. The summed E-state index contributed by atoms with van der Waals surface area (Å²) in [5.41, 5.74) is 1.78. The fourth-order valence-corrected chi connectivity index (χ4v) is 9.80. The molecule has 178 valence electrons. The molecule has 3 N–H and O–H groups in total. The molecule has 6 nitrogen and oxygen atoms in total. The van der Waals surface area contributed by atoms with E-state index in [2.05, 4.69) is 41.2 Å². The van der Waals surface area contributed by atoms with Crippen LogP contribution in [0.5, 0.6) is 5.75 Å². The molecule has 1 aromatic carbocycles. The van der Waals surface area contributed by atoms with Crippen molar-refractivity contribution >= 4 is 31.8 Å². The van der Waals surface area contributed by atoms with E-state index in [9.17, 15) is 22.9 Å². The van der Waals surface area contributed by atoms with Crippen LogP contribution in [0, 0.1) is 22.7 Å². The number of benzene rings is 1. The van der Waals surface area contributed by atoms with Crippen molar-refractivity contribution in [3.63, 3.8) is 0 Å². The zero-order valence-electron chi connectivity index (χ0n) is 19.2. The van der Waals surface area contributed by atoms with Crippen molar-refractivity contribution in [2.45, 2.75) is 69.7 Å². The highest BCUT2D eigenvalue weighted by Gasteiger charge is 2.68. The number of ketones is 1. The number of Topliss-reactive ketones (excluding diaryl/α,β-unsaturated/α-hetero) is 1. The normalized spacial score (nSPS) is 39.2. The van der Waals surface area contributed by atoms with Gasteiger partial charge in [0.2, 0.25) is 0 Å². The lowest BCUT2D eigenvalue weighted by atomic mass is 9.59. The number of fused-ring (bicyclic) bond motifs is 6. The number of piperidine rings is 1. The summed E-state index contributed by atoms with van der Waals surface area (Å²) >= 11 is 3.33. The minimum atomic E-state index is -4.37. The molecule has 1 heterocycles. The van der Waals surface area contributed by atoms with Gasteiger partial charge in [-0.2, -0.15) is 0 Å². The van der Waals surface area contributed by atoms with Crippen molar-refractivity contribution in [2.75, 3.05) is 12.3 Å². The average Bonchev–Trinajstić information content (AvgIpc) is 2.98. The Morgan fingerprint density at radius 3 is 2.53 bits per heavy atom. The molecule has 1 aliphatic heterocycles. The summed E-state index contributed by atoms with van der Waals surface area (Å²) in [7, 11) is -4.37. The van der Waals surface area contributed by atoms with Crippen molar-refractivity contribution < 1.29 is 28.2 Å². The number of alkyl halides is 1. The molecule has 6 atom stereocenters. The second kappa shape index (κ2) is 7.79. The molecule has 3 aliphatic carbocycles. The number of phenols is 1. The molecule has 1 aromatic rings. The number of nitrogens with two attached hydrogens (primary N) is 1. The van der Waals surface area contributed by atoms with Crippen molar-refractivity contribution in [1.29, 1.82) is 0 Å². The molecule has 4 bridgehead atoms. The van der Waals surface area contributed by atoms with Crippen LogP contribution in [0.1, 0.15) is 58.1 Å². The lowest BCUT2D eigenvalue weighted by molar-refractivity contribution is -0.709. The van der Waals surface area contributed by atoms with Gasteiger partial charge in [-0.1, -0.05) is 49.7 Å². The number of carbonyl (C=O) groups excluding carboxylic acids is 1. The van der Waals surface area contributed by atoms with E-state index in [0.29, 0.717) is 23.6 Å². The highest BCUT2D eigenvalue weighted by Crippen LogP contribution is 2.65. The van der Waals surface area contributed by atoms with Crippen LogP contribution >= 0.6 is 15.9 Å². The van der Waals surface area contributed by atoms with Crippen molar-refractivity contribution in [3.8, 4) is 5.75 Å². The predicted molar refractivity (Wildman–Crippen MR) is 125 cm³/mol. The third kappa shape index (κ3) is 3.56. The Hall–Kier alpha value is -0.960. The van der Waals surface area contributed by atoms with Crippen LogP contribution in [0.3, 0.4) is 0 Å². The van der Waals surface area contributed by atoms with Gasteiger partial charge in [0.05, 0.1) is 33.3 Å². The molecular weight excluding hydrogens is 494 g/mol. The largest absolute Gasteiger partial charge is 0.748 e. The molecule has 4 aliphatic rings. The second-order valence-electron chi connectivity index (χ2n) is 11.1. The number of phenolic OH excluding ortho intramolecular Hbond substituents is 1. The van der Waals surface area contributed by atoms with Gasteiger partial charge in [0.1, 0.15) is 5.75 Å². The first kappa shape index (κ1) is 24.2. The SMILES string of the molecule is CC1(C)[C@@H]2CC[C@@]1(CS(=O)(=O)[O-])C(=O)[C@@H]2Br.C[C@H]1[C@H]2Cc3cc(O)ccc3[C@]1(C)CC[NH2+]2. The van der Waals surface area contributed by atoms with Gasteiger partial charge in [0.15, 0.2) is 5.78 Å². The maximum atomic E-state index is 12.1. The highest BCUT2D eigenvalue weighted by atomic mass is 79.9. The van der Waals surface area contributed by atoms with E-state index >= 15 is 0 Å². The van der Waals surface area contributed by atoms with Gasteiger partial charge in [-0.3, -0.25) is 4.79 Å². The highest BCUT2D eigenvalue weighted by molar-refractivity contribution is 9.10. The number of hydrogen-bond acceptors (Lipinski definition) is 5. The number of halogens is 1. The zero-order valence-corrected chi connectivity index (χ0v) is 21.6. The maximum absolute atomic E-state index is 12.1. The first-order chi connectivity index (χ1) is 14.7. The Morgan fingerprint density at radius 1 is 1.25 bits per heavy atom. The van der Waals surface area contributed by atoms with Crippen molar-refractivity contribution in [3.05, 3.63) is 29.3 Å². The van der Waals surface area contributed by atoms with Gasteiger partial charge in [-0.05, 0) is 47.4 Å². The Morgan fingerprint density at radius 2 is 1.94 bits per heavy atom. The van der Waals surface area contributed by atoms with Crippen molar-refractivity contribution in [1.82, 2.24) is 0 Å². The van der Waals surface area contributed by atoms with Crippen molar-refractivity contribution in [2.24, 2.45) is 22.7 Å². The van der Waals surface area contributed by atoms with Gasteiger partial charge in [-0.15, -0.1) is 0 Å². The summed E-state index contributed by atoms with van der Waals surface area (Å²) in [6, 6.07) is 6.65. The summed E-state index contributed by atoms with van der Waals surface area (Å²) in [4.78, 5) is 11.8. The van der Waals surface area contributed by atoms with Gasteiger partial charge in [0, 0.05) is 29.6 Å². The van der Waals surface area contributed by atoms with E-state index in [1.54, 1.807) is 0 Å². The number of aromatic hydroxyl groups is 1. The summed E-state index contributed by atoms with van der Waals surface area (Å²) in [5, 5.41) is 12.1. The second-order valence-corrected chi connectivity index (χ2v) is 13.5. The molecule has 1 saturated heterocycles.